The van der Waals surface area contributed by atoms with Gasteiger partial charge in [-0.05, 0) is 29.8 Å². The number of nitrogens with zero attached hydrogens (tertiary/aromatic N) is 1. The molecule has 0 aliphatic heterocycles. The van der Waals surface area contributed by atoms with Crippen molar-refractivity contribution >= 4 is 6.21 Å². The Morgan fingerprint density at radius 1 is 0.815 bits per heavy atom. The van der Waals surface area contributed by atoms with Crippen LogP contribution in [-0.2, 0) is 0 Å². The Labute approximate surface area is 158 Å². The summed E-state index contributed by atoms with van der Waals surface area (Å²) in [6.07, 6.45) is 1.33. The third kappa shape index (κ3) is 4.79. The van der Waals surface area contributed by atoms with Gasteiger partial charge < -0.3 is 19.4 Å². The summed E-state index contributed by atoms with van der Waals surface area (Å²) < 4.78 is 17.0. The Bertz CT molecular complexity index is 894. The van der Waals surface area contributed by atoms with Gasteiger partial charge in [0.15, 0.2) is 11.5 Å². The lowest BCUT2D eigenvalue weighted by Gasteiger charge is -2.14. The summed E-state index contributed by atoms with van der Waals surface area (Å²) in [7, 11) is 1.58. The molecule has 0 aliphatic carbocycles. The second-order valence-corrected chi connectivity index (χ2v) is 5.71. The summed E-state index contributed by atoms with van der Waals surface area (Å²) in [6.45, 7) is 0.727. The molecule has 0 aromatic heterocycles. The van der Waals surface area contributed by atoms with Gasteiger partial charge in [-0.15, -0.1) is 0 Å². The molecule has 3 aromatic rings. The van der Waals surface area contributed by atoms with Gasteiger partial charge in [0.1, 0.15) is 19.0 Å². The lowest BCUT2D eigenvalue weighted by Crippen LogP contribution is -2.10. The van der Waals surface area contributed by atoms with Gasteiger partial charge in [-0.25, -0.2) is 0 Å². The van der Waals surface area contributed by atoms with Crippen molar-refractivity contribution in [2.24, 2.45) is 5.16 Å². The summed E-state index contributed by atoms with van der Waals surface area (Å²) in [4.78, 5) is 0. The van der Waals surface area contributed by atoms with Crippen LogP contribution in [0.2, 0.25) is 0 Å². The van der Waals surface area contributed by atoms with Crippen LogP contribution in [0.4, 0.5) is 0 Å². The van der Waals surface area contributed by atoms with Crippen molar-refractivity contribution in [1.29, 1.82) is 0 Å². The van der Waals surface area contributed by atoms with Crippen molar-refractivity contribution < 1.29 is 19.4 Å². The second kappa shape index (κ2) is 9.29. The highest BCUT2D eigenvalue weighted by Crippen LogP contribution is 2.30. The minimum absolute atomic E-state index is 0.346. The summed E-state index contributed by atoms with van der Waals surface area (Å²) in [5.41, 5.74) is 2.85. The predicted octanol–water partition coefficient (Wildman–Crippen LogP) is 4.63. The SMILES string of the molecule is COc1ccc(C=NO)cc1OCCOc1ccccc1-c1ccccc1. The average Bonchev–Trinajstić information content (AvgIpc) is 2.72. The number of rotatable bonds is 8. The first-order chi connectivity index (χ1) is 13.3. The van der Waals surface area contributed by atoms with Crippen LogP contribution in [0.3, 0.4) is 0 Å². The molecule has 0 bridgehead atoms. The molecule has 0 spiro atoms. The van der Waals surface area contributed by atoms with Crippen LogP contribution in [-0.4, -0.2) is 31.7 Å². The summed E-state index contributed by atoms with van der Waals surface area (Å²) in [5.74, 6) is 1.98. The molecule has 3 aromatic carbocycles. The number of hydrogen-bond donors (Lipinski definition) is 1. The highest BCUT2D eigenvalue weighted by molar-refractivity contribution is 5.80. The number of benzene rings is 3. The lowest BCUT2D eigenvalue weighted by molar-refractivity contribution is 0.212. The van der Waals surface area contributed by atoms with Crippen molar-refractivity contribution in [1.82, 2.24) is 0 Å². The normalized spacial score (nSPS) is 10.7. The van der Waals surface area contributed by atoms with E-state index in [2.05, 4.69) is 17.3 Å². The fraction of sp³-hybridized carbons (Fsp3) is 0.136. The summed E-state index contributed by atoms with van der Waals surface area (Å²) in [5, 5.41) is 11.7. The predicted molar refractivity (Wildman–Crippen MR) is 105 cm³/mol. The zero-order valence-electron chi connectivity index (χ0n) is 15.0. The molecule has 0 unspecified atom stereocenters. The van der Waals surface area contributed by atoms with Crippen molar-refractivity contribution in [3.8, 4) is 28.4 Å². The molecular weight excluding hydrogens is 342 g/mol. The van der Waals surface area contributed by atoms with E-state index >= 15 is 0 Å². The first-order valence-corrected chi connectivity index (χ1v) is 8.57. The Balaban J connectivity index is 1.64. The van der Waals surface area contributed by atoms with Gasteiger partial charge >= 0.3 is 0 Å². The Morgan fingerprint density at radius 3 is 2.26 bits per heavy atom. The fourth-order valence-electron chi connectivity index (χ4n) is 2.71. The van der Waals surface area contributed by atoms with Crippen molar-refractivity contribution in [3.05, 3.63) is 78.4 Å². The van der Waals surface area contributed by atoms with E-state index in [1.807, 2.05) is 42.5 Å². The van der Waals surface area contributed by atoms with Gasteiger partial charge in [-0.2, -0.15) is 0 Å². The van der Waals surface area contributed by atoms with E-state index in [4.69, 9.17) is 19.4 Å². The van der Waals surface area contributed by atoms with Gasteiger partial charge in [-0.3, -0.25) is 0 Å². The van der Waals surface area contributed by atoms with Gasteiger partial charge in [0, 0.05) is 11.1 Å². The van der Waals surface area contributed by atoms with Gasteiger partial charge in [0.25, 0.3) is 0 Å². The summed E-state index contributed by atoms with van der Waals surface area (Å²) >= 11 is 0. The van der Waals surface area contributed by atoms with Crippen molar-refractivity contribution in [2.45, 2.75) is 0 Å². The molecule has 138 valence electrons. The number of oxime groups is 1. The van der Waals surface area contributed by atoms with Gasteiger partial charge in [0.2, 0.25) is 0 Å². The molecule has 3 rings (SSSR count). The largest absolute Gasteiger partial charge is 0.493 e. The Kier molecular flexibility index (Phi) is 6.30. The molecule has 0 fully saturated rings. The molecule has 0 saturated heterocycles. The van der Waals surface area contributed by atoms with Gasteiger partial charge in [0.05, 0.1) is 13.3 Å². The average molecular weight is 363 g/mol. The highest BCUT2D eigenvalue weighted by Gasteiger charge is 2.07. The van der Waals surface area contributed by atoms with Crippen LogP contribution in [0.15, 0.2) is 78.0 Å². The number of para-hydroxylation sites is 1. The van der Waals surface area contributed by atoms with Crippen LogP contribution in [0.1, 0.15) is 5.56 Å². The molecule has 0 saturated carbocycles. The first kappa shape index (κ1) is 18.3. The third-order valence-electron chi connectivity index (χ3n) is 3.96. The van der Waals surface area contributed by atoms with Crippen LogP contribution in [0, 0.1) is 0 Å². The second-order valence-electron chi connectivity index (χ2n) is 5.71. The number of methoxy groups -OCH3 is 1. The van der Waals surface area contributed by atoms with Crippen LogP contribution in [0.5, 0.6) is 17.2 Å². The molecular formula is C22H21NO4. The molecule has 0 heterocycles. The van der Waals surface area contributed by atoms with Crippen LogP contribution < -0.4 is 14.2 Å². The molecule has 0 aliphatic rings. The molecule has 0 radical (unpaired) electrons. The number of ether oxygens (including phenoxy) is 3. The van der Waals surface area contributed by atoms with E-state index in [-0.39, 0.29) is 0 Å². The zero-order chi connectivity index (χ0) is 18.9. The highest BCUT2D eigenvalue weighted by atomic mass is 16.5. The maximum Gasteiger partial charge on any atom is 0.161 e. The van der Waals surface area contributed by atoms with E-state index < -0.39 is 0 Å². The molecule has 1 N–H and O–H groups in total. The molecule has 5 nitrogen and oxygen atoms in total. The molecule has 5 heteroatoms. The first-order valence-electron chi connectivity index (χ1n) is 8.57. The standard InChI is InChI=1S/C22H21NO4/c1-25-21-12-11-17(16-23-24)15-22(21)27-14-13-26-20-10-6-5-9-19(20)18-7-3-2-4-8-18/h2-12,15-16,24H,13-14H2,1H3. The van der Waals surface area contributed by atoms with E-state index in [0.29, 0.717) is 30.3 Å². The van der Waals surface area contributed by atoms with E-state index in [0.717, 1.165) is 16.9 Å². The van der Waals surface area contributed by atoms with Gasteiger partial charge in [-0.1, -0.05) is 53.7 Å². The van der Waals surface area contributed by atoms with Crippen LogP contribution >= 0.6 is 0 Å². The van der Waals surface area contributed by atoms with Crippen LogP contribution in [0.25, 0.3) is 11.1 Å². The lowest BCUT2D eigenvalue weighted by atomic mass is 10.1. The fourth-order valence-corrected chi connectivity index (χ4v) is 2.71. The monoisotopic (exact) mass is 363 g/mol. The molecule has 0 amide bonds. The minimum atomic E-state index is 0.346. The van der Waals surface area contributed by atoms with E-state index in [9.17, 15) is 0 Å². The topological polar surface area (TPSA) is 60.3 Å². The third-order valence-corrected chi connectivity index (χ3v) is 3.96. The smallest absolute Gasteiger partial charge is 0.161 e. The number of hydrogen-bond acceptors (Lipinski definition) is 5. The zero-order valence-corrected chi connectivity index (χ0v) is 15.0. The maximum absolute atomic E-state index is 8.67. The Morgan fingerprint density at radius 2 is 1.52 bits per heavy atom. The van der Waals surface area contributed by atoms with E-state index in [1.54, 1.807) is 25.3 Å². The molecule has 27 heavy (non-hydrogen) atoms. The Hall–Kier alpha value is -3.47. The van der Waals surface area contributed by atoms with Crippen molar-refractivity contribution in [2.75, 3.05) is 20.3 Å². The van der Waals surface area contributed by atoms with Crippen molar-refractivity contribution in [3.63, 3.8) is 0 Å². The summed E-state index contributed by atoms with van der Waals surface area (Å²) in [6, 6.07) is 23.3. The molecule has 0 atom stereocenters. The van der Waals surface area contributed by atoms with E-state index in [1.165, 1.54) is 6.21 Å². The quantitative estimate of drug-likeness (QED) is 0.274. The minimum Gasteiger partial charge on any atom is -0.493 e. The maximum atomic E-state index is 8.67.